The number of aryl methyl sites for hydroxylation is 1. The van der Waals surface area contributed by atoms with Crippen molar-refractivity contribution in [3.63, 3.8) is 0 Å². The van der Waals surface area contributed by atoms with Gasteiger partial charge in [-0.15, -0.1) is 0 Å². The molecule has 2 aromatic heterocycles. The monoisotopic (exact) mass is 369 g/mol. The first kappa shape index (κ1) is 19.4. The molecule has 0 bridgehead atoms. The van der Waals surface area contributed by atoms with Crippen molar-refractivity contribution < 1.29 is 4.42 Å². The third-order valence-corrected chi connectivity index (χ3v) is 4.86. The van der Waals surface area contributed by atoms with E-state index in [2.05, 4.69) is 33.5 Å². The van der Waals surface area contributed by atoms with E-state index in [0.29, 0.717) is 6.54 Å². The number of nitrogens with zero attached hydrogens (tertiary/aromatic N) is 3. The molecule has 2 N–H and O–H groups in total. The summed E-state index contributed by atoms with van der Waals surface area (Å²) in [6.45, 7) is 8.47. The Labute approximate surface area is 162 Å². The van der Waals surface area contributed by atoms with Crippen LogP contribution in [0.15, 0.2) is 46.0 Å². The number of rotatable bonds is 7. The van der Waals surface area contributed by atoms with Gasteiger partial charge in [0.25, 0.3) is 0 Å². The minimum Gasteiger partial charge on any atom is -0.468 e. The topological polar surface area (TPSA) is 65.7 Å². The molecular weight excluding hydrogens is 338 g/mol. The highest BCUT2D eigenvalue weighted by Crippen LogP contribution is 2.24. The van der Waals surface area contributed by atoms with Crippen molar-refractivity contribution in [1.82, 2.24) is 20.5 Å². The van der Waals surface area contributed by atoms with Gasteiger partial charge < -0.3 is 15.1 Å². The molecule has 0 radical (unpaired) electrons. The second-order valence-electron chi connectivity index (χ2n) is 6.97. The smallest absolute Gasteiger partial charge is 0.191 e. The molecule has 6 nitrogen and oxygen atoms in total. The maximum Gasteiger partial charge on any atom is 0.191 e. The van der Waals surface area contributed by atoms with E-state index in [1.807, 2.05) is 31.2 Å². The van der Waals surface area contributed by atoms with Crippen LogP contribution in [0.2, 0.25) is 0 Å². The second-order valence-corrected chi connectivity index (χ2v) is 6.97. The molecule has 1 aliphatic heterocycles. The zero-order valence-corrected chi connectivity index (χ0v) is 16.4. The van der Waals surface area contributed by atoms with Crippen LogP contribution in [-0.2, 0) is 6.54 Å². The number of aliphatic imine (C=N–C) groups is 1. The van der Waals surface area contributed by atoms with E-state index in [1.54, 1.807) is 6.26 Å². The number of aromatic nitrogens is 1. The highest BCUT2D eigenvalue weighted by molar-refractivity contribution is 5.79. The predicted octanol–water partition coefficient (Wildman–Crippen LogP) is 3.27. The van der Waals surface area contributed by atoms with Crippen LogP contribution < -0.4 is 10.6 Å². The Balaban J connectivity index is 1.65. The molecule has 0 amide bonds. The Morgan fingerprint density at radius 1 is 1.19 bits per heavy atom. The summed E-state index contributed by atoms with van der Waals surface area (Å²) in [6.07, 6.45) is 5.59. The molecule has 0 aromatic carbocycles. The van der Waals surface area contributed by atoms with Crippen molar-refractivity contribution in [2.24, 2.45) is 4.99 Å². The number of pyridine rings is 1. The third kappa shape index (κ3) is 5.82. The van der Waals surface area contributed by atoms with Gasteiger partial charge in [0.05, 0.1) is 24.5 Å². The summed E-state index contributed by atoms with van der Waals surface area (Å²) in [5.41, 5.74) is 1.99. The van der Waals surface area contributed by atoms with Crippen LogP contribution in [0.25, 0.3) is 0 Å². The highest BCUT2D eigenvalue weighted by Gasteiger charge is 2.24. The van der Waals surface area contributed by atoms with Gasteiger partial charge in [-0.2, -0.15) is 0 Å². The van der Waals surface area contributed by atoms with Crippen LogP contribution in [0, 0.1) is 6.92 Å². The van der Waals surface area contributed by atoms with E-state index in [-0.39, 0.29) is 6.04 Å². The van der Waals surface area contributed by atoms with E-state index in [0.717, 1.165) is 49.3 Å². The average molecular weight is 370 g/mol. The Hall–Kier alpha value is -2.34. The normalized spacial score (nSPS) is 16.9. The number of likely N-dealkylation sites (tertiary alicyclic amines) is 1. The molecule has 0 aliphatic carbocycles. The standard InChI is InChI=1S/C21H31N5O/c1-3-22-21(23-15-18-10-7-9-17(2)25-18)24-16-19(20-11-8-14-27-20)26-12-5-4-6-13-26/h7-11,14,19H,3-6,12-13,15-16H2,1-2H3,(H2,22,23,24). The Morgan fingerprint density at radius 3 is 2.74 bits per heavy atom. The summed E-state index contributed by atoms with van der Waals surface area (Å²) in [4.78, 5) is 11.7. The van der Waals surface area contributed by atoms with Crippen LogP contribution >= 0.6 is 0 Å². The Bertz CT molecular complexity index is 707. The van der Waals surface area contributed by atoms with Gasteiger partial charge in [0.1, 0.15) is 5.76 Å². The Morgan fingerprint density at radius 2 is 2.04 bits per heavy atom. The lowest BCUT2D eigenvalue weighted by Gasteiger charge is -2.33. The molecule has 1 fully saturated rings. The molecule has 0 saturated carbocycles. The summed E-state index contributed by atoms with van der Waals surface area (Å²) >= 11 is 0. The fourth-order valence-corrected chi connectivity index (χ4v) is 3.50. The van der Waals surface area contributed by atoms with Crippen molar-refractivity contribution in [2.45, 2.75) is 45.7 Å². The van der Waals surface area contributed by atoms with Crippen molar-refractivity contribution in [3.05, 3.63) is 53.7 Å². The van der Waals surface area contributed by atoms with Gasteiger partial charge in [0, 0.05) is 18.8 Å². The molecule has 0 spiro atoms. The van der Waals surface area contributed by atoms with Gasteiger partial charge in [-0.1, -0.05) is 12.5 Å². The number of piperidine rings is 1. The minimum atomic E-state index is 0.223. The van der Waals surface area contributed by atoms with Gasteiger partial charge in [-0.05, 0) is 64.0 Å². The van der Waals surface area contributed by atoms with Crippen LogP contribution in [0.5, 0.6) is 0 Å². The van der Waals surface area contributed by atoms with Gasteiger partial charge in [0.2, 0.25) is 0 Å². The van der Waals surface area contributed by atoms with E-state index in [4.69, 9.17) is 9.41 Å². The molecule has 1 unspecified atom stereocenters. The van der Waals surface area contributed by atoms with Gasteiger partial charge in [0.15, 0.2) is 5.96 Å². The predicted molar refractivity (Wildman–Crippen MR) is 109 cm³/mol. The fourth-order valence-electron chi connectivity index (χ4n) is 3.50. The first-order chi connectivity index (χ1) is 13.3. The van der Waals surface area contributed by atoms with Gasteiger partial charge in [-0.25, -0.2) is 4.99 Å². The summed E-state index contributed by atoms with van der Waals surface area (Å²) in [5, 5.41) is 6.83. The quantitative estimate of drug-likeness (QED) is 0.579. The molecule has 1 atom stereocenters. The first-order valence-electron chi connectivity index (χ1n) is 9.98. The lowest BCUT2D eigenvalue weighted by Crippen LogP contribution is -2.44. The molecule has 3 heterocycles. The van der Waals surface area contributed by atoms with E-state index >= 15 is 0 Å². The number of guanidine groups is 1. The molecule has 6 heteroatoms. The zero-order chi connectivity index (χ0) is 18.9. The minimum absolute atomic E-state index is 0.223. The fraction of sp³-hybridized carbons (Fsp3) is 0.524. The van der Waals surface area contributed by atoms with Crippen LogP contribution in [0.4, 0.5) is 0 Å². The van der Waals surface area contributed by atoms with Gasteiger partial charge >= 0.3 is 0 Å². The van der Waals surface area contributed by atoms with Crippen molar-refractivity contribution in [3.8, 4) is 0 Å². The summed E-state index contributed by atoms with van der Waals surface area (Å²) in [5.74, 6) is 1.83. The summed E-state index contributed by atoms with van der Waals surface area (Å²) in [7, 11) is 0. The highest BCUT2D eigenvalue weighted by atomic mass is 16.3. The molecule has 146 valence electrons. The van der Waals surface area contributed by atoms with Crippen molar-refractivity contribution >= 4 is 5.96 Å². The second kappa shape index (κ2) is 10.1. The molecule has 27 heavy (non-hydrogen) atoms. The maximum atomic E-state index is 5.73. The zero-order valence-electron chi connectivity index (χ0n) is 16.4. The summed E-state index contributed by atoms with van der Waals surface area (Å²) in [6, 6.07) is 10.3. The number of hydrogen-bond acceptors (Lipinski definition) is 4. The van der Waals surface area contributed by atoms with Crippen LogP contribution in [0.3, 0.4) is 0 Å². The Kier molecular flexibility index (Phi) is 7.27. The van der Waals surface area contributed by atoms with Crippen LogP contribution in [0.1, 0.15) is 49.4 Å². The van der Waals surface area contributed by atoms with E-state index in [1.165, 1.54) is 19.3 Å². The first-order valence-corrected chi connectivity index (χ1v) is 9.98. The average Bonchev–Trinajstić information content (AvgIpc) is 3.21. The molecule has 1 saturated heterocycles. The van der Waals surface area contributed by atoms with E-state index < -0.39 is 0 Å². The lowest BCUT2D eigenvalue weighted by molar-refractivity contribution is 0.146. The third-order valence-electron chi connectivity index (χ3n) is 4.86. The van der Waals surface area contributed by atoms with E-state index in [9.17, 15) is 0 Å². The lowest BCUT2D eigenvalue weighted by atomic mass is 10.1. The largest absolute Gasteiger partial charge is 0.468 e. The number of nitrogens with one attached hydrogen (secondary N) is 2. The molecular formula is C21H31N5O. The summed E-state index contributed by atoms with van der Waals surface area (Å²) < 4.78 is 5.73. The maximum absolute atomic E-state index is 5.73. The van der Waals surface area contributed by atoms with Crippen molar-refractivity contribution in [1.29, 1.82) is 0 Å². The SMILES string of the molecule is CCNC(=NCc1cccc(C)n1)NCC(c1ccco1)N1CCCCC1. The number of furan rings is 1. The van der Waals surface area contributed by atoms with Crippen LogP contribution in [-0.4, -0.2) is 42.0 Å². The van der Waals surface area contributed by atoms with Gasteiger partial charge in [-0.3, -0.25) is 9.88 Å². The van der Waals surface area contributed by atoms with Crippen molar-refractivity contribution in [2.75, 3.05) is 26.2 Å². The number of hydrogen-bond donors (Lipinski definition) is 2. The molecule has 2 aromatic rings. The molecule has 3 rings (SSSR count). The molecule has 1 aliphatic rings.